The highest BCUT2D eigenvalue weighted by Gasteiger charge is 2.19. The molecule has 21 heavy (non-hydrogen) atoms. The molecule has 2 amide bonds. The van der Waals surface area contributed by atoms with Gasteiger partial charge in [0.25, 0.3) is 0 Å². The number of carbonyl (C=O) groups excluding carboxylic acids is 1. The predicted octanol–water partition coefficient (Wildman–Crippen LogP) is 2.79. The molecule has 116 valence electrons. The van der Waals surface area contributed by atoms with Crippen molar-refractivity contribution in [1.82, 2.24) is 5.32 Å². The van der Waals surface area contributed by atoms with Gasteiger partial charge in [-0.3, -0.25) is 0 Å². The maximum absolute atomic E-state index is 11.8. The summed E-state index contributed by atoms with van der Waals surface area (Å²) in [5.41, 5.74) is 0.515. The number of benzene rings is 1. The predicted molar refractivity (Wildman–Crippen MR) is 87.3 cm³/mol. The Morgan fingerprint density at radius 2 is 2.19 bits per heavy atom. The van der Waals surface area contributed by atoms with Crippen molar-refractivity contribution in [3.8, 4) is 5.75 Å². The third kappa shape index (κ3) is 5.84. The van der Waals surface area contributed by atoms with E-state index in [1.807, 2.05) is 6.26 Å². The molecular weight excluding hydrogens is 360 g/mol. The number of aliphatic carboxylic acids is 1. The molecule has 1 atom stereocenters. The van der Waals surface area contributed by atoms with Crippen LogP contribution in [-0.4, -0.2) is 42.3 Å². The molecule has 1 aromatic rings. The fourth-order valence-corrected chi connectivity index (χ4v) is 2.44. The Hall–Kier alpha value is -1.41. The number of carboxylic acid groups (broad SMARTS) is 1. The van der Waals surface area contributed by atoms with Gasteiger partial charge in [-0.1, -0.05) is 0 Å². The number of urea groups is 1. The summed E-state index contributed by atoms with van der Waals surface area (Å²) in [7, 11) is 1.52. The Morgan fingerprint density at radius 3 is 2.76 bits per heavy atom. The molecule has 0 saturated heterocycles. The highest BCUT2D eigenvalue weighted by atomic mass is 79.9. The van der Waals surface area contributed by atoms with Crippen molar-refractivity contribution in [1.29, 1.82) is 0 Å². The number of hydrogen-bond acceptors (Lipinski definition) is 4. The van der Waals surface area contributed by atoms with Crippen LogP contribution in [0, 0.1) is 0 Å². The molecule has 0 unspecified atom stereocenters. The smallest absolute Gasteiger partial charge is 0.326 e. The highest BCUT2D eigenvalue weighted by Crippen LogP contribution is 2.27. The number of carboxylic acids is 1. The fraction of sp³-hybridized carbons (Fsp3) is 0.385. The average Bonchev–Trinajstić information content (AvgIpc) is 2.45. The normalized spacial score (nSPS) is 11.6. The Labute approximate surface area is 135 Å². The van der Waals surface area contributed by atoms with Gasteiger partial charge in [0.05, 0.1) is 11.6 Å². The number of rotatable bonds is 7. The molecule has 0 spiro atoms. The van der Waals surface area contributed by atoms with Gasteiger partial charge in [-0.25, -0.2) is 9.59 Å². The summed E-state index contributed by atoms with van der Waals surface area (Å²) in [6, 6.07) is 3.59. The Morgan fingerprint density at radius 1 is 1.48 bits per heavy atom. The molecule has 0 heterocycles. The van der Waals surface area contributed by atoms with Crippen LogP contribution in [0.1, 0.15) is 6.42 Å². The molecule has 0 fully saturated rings. The lowest BCUT2D eigenvalue weighted by molar-refractivity contribution is -0.139. The average molecular weight is 377 g/mol. The summed E-state index contributed by atoms with van der Waals surface area (Å²) >= 11 is 4.84. The molecule has 0 saturated carbocycles. The standard InChI is InChI=1S/C13H17BrN2O4S/c1-20-11-7-8(3-4-9(11)14)15-13(19)16-10(12(17)18)5-6-21-2/h3-4,7,10H,5-6H2,1-2H3,(H,17,18)(H2,15,16,19)/t10-/m0/s1. The van der Waals surface area contributed by atoms with E-state index in [4.69, 9.17) is 9.84 Å². The van der Waals surface area contributed by atoms with Crippen LogP contribution < -0.4 is 15.4 Å². The summed E-state index contributed by atoms with van der Waals surface area (Å²) < 4.78 is 5.89. The minimum absolute atomic E-state index is 0.369. The topological polar surface area (TPSA) is 87.7 Å². The van der Waals surface area contributed by atoms with Crippen molar-refractivity contribution in [2.45, 2.75) is 12.5 Å². The van der Waals surface area contributed by atoms with E-state index >= 15 is 0 Å². The first kappa shape index (κ1) is 17.6. The maximum Gasteiger partial charge on any atom is 0.326 e. The van der Waals surface area contributed by atoms with Gasteiger partial charge in [0.1, 0.15) is 11.8 Å². The van der Waals surface area contributed by atoms with Gasteiger partial charge in [-0.2, -0.15) is 11.8 Å². The lowest BCUT2D eigenvalue weighted by atomic mass is 10.2. The number of anilines is 1. The zero-order valence-corrected chi connectivity index (χ0v) is 14.1. The van der Waals surface area contributed by atoms with Crippen LogP contribution in [0.2, 0.25) is 0 Å². The largest absolute Gasteiger partial charge is 0.495 e. The van der Waals surface area contributed by atoms with E-state index in [-0.39, 0.29) is 0 Å². The molecule has 0 aromatic heterocycles. The molecule has 0 bridgehead atoms. The van der Waals surface area contributed by atoms with Crippen LogP contribution in [0.15, 0.2) is 22.7 Å². The molecule has 3 N–H and O–H groups in total. The van der Waals surface area contributed by atoms with Crippen LogP contribution in [0.25, 0.3) is 0 Å². The van der Waals surface area contributed by atoms with Gasteiger partial charge >= 0.3 is 12.0 Å². The van der Waals surface area contributed by atoms with Gasteiger partial charge in [0, 0.05) is 11.8 Å². The SMILES string of the molecule is COc1cc(NC(=O)N[C@@H](CCSC)C(=O)O)ccc1Br. The Bertz CT molecular complexity index is 513. The molecule has 0 aliphatic rings. The zero-order chi connectivity index (χ0) is 15.8. The molecule has 1 rings (SSSR count). The van der Waals surface area contributed by atoms with E-state index in [1.165, 1.54) is 18.9 Å². The van der Waals surface area contributed by atoms with E-state index in [9.17, 15) is 9.59 Å². The van der Waals surface area contributed by atoms with Gasteiger partial charge in [-0.15, -0.1) is 0 Å². The van der Waals surface area contributed by atoms with Gasteiger partial charge in [0.2, 0.25) is 0 Å². The molecule has 0 aliphatic carbocycles. The summed E-state index contributed by atoms with van der Waals surface area (Å²) in [4.78, 5) is 22.9. The summed E-state index contributed by atoms with van der Waals surface area (Å²) in [5, 5.41) is 14.1. The van der Waals surface area contributed by atoms with Crippen molar-refractivity contribution >= 4 is 45.4 Å². The van der Waals surface area contributed by atoms with E-state index in [0.29, 0.717) is 23.6 Å². The summed E-state index contributed by atoms with van der Waals surface area (Å²) in [5.74, 6) is 0.182. The third-order valence-corrected chi connectivity index (χ3v) is 3.92. The van der Waals surface area contributed by atoms with Crippen molar-refractivity contribution in [2.24, 2.45) is 0 Å². The minimum atomic E-state index is -1.05. The molecule has 0 aliphatic heterocycles. The van der Waals surface area contributed by atoms with E-state index < -0.39 is 18.0 Å². The second kappa shape index (κ2) is 8.78. The zero-order valence-electron chi connectivity index (χ0n) is 11.7. The Balaban J connectivity index is 2.65. The first-order chi connectivity index (χ1) is 9.97. The van der Waals surface area contributed by atoms with E-state index in [2.05, 4.69) is 26.6 Å². The van der Waals surface area contributed by atoms with Gasteiger partial charge < -0.3 is 20.5 Å². The molecule has 8 heteroatoms. The number of thioether (sulfide) groups is 1. The first-order valence-corrected chi connectivity index (χ1v) is 8.29. The molecule has 1 aromatic carbocycles. The van der Waals surface area contributed by atoms with Crippen molar-refractivity contribution in [2.75, 3.05) is 24.4 Å². The van der Waals surface area contributed by atoms with Crippen molar-refractivity contribution in [3.63, 3.8) is 0 Å². The number of ether oxygens (including phenoxy) is 1. The number of methoxy groups -OCH3 is 1. The fourth-order valence-electron chi connectivity index (χ4n) is 1.56. The van der Waals surface area contributed by atoms with Gasteiger partial charge in [-0.05, 0) is 46.5 Å². The maximum atomic E-state index is 11.8. The summed E-state index contributed by atoms with van der Waals surface area (Å²) in [6.45, 7) is 0. The van der Waals surface area contributed by atoms with E-state index in [0.717, 1.165) is 4.47 Å². The number of nitrogens with one attached hydrogen (secondary N) is 2. The second-order valence-electron chi connectivity index (χ2n) is 4.12. The number of carbonyl (C=O) groups is 2. The lowest BCUT2D eigenvalue weighted by Gasteiger charge is -2.15. The minimum Gasteiger partial charge on any atom is -0.495 e. The second-order valence-corrected chi connectivity index (χ2v) is 5.96. The van der Waals surface area contributed by atoms with Crippen molar-refractivity contribution < 1.29 is 19.4 Å². The monoisotopic (exact) mass is 376 g/mol. The number of amides is 2. The van der Waals surface area contributed by atoms with Crippen LogP contribution in [0.5, 0.6) is 5.75 Å². The molecular formula is C13H17BrN2O4S. The van der Waals surface area contributed by atoms with Crippen LogP contribution in [0.3, 0.4) is 0 Å². The first-order valence-electron chi connectivity index (χ1n) is 6.10. The van der Waals surface area contributed by atoms with Crippen LogP contribution >= 0.6 is 27.7 Å². The molecule has 6 nitrogen and oxygen atoms in total. The van der Waals surface area contributed by atoms with E-state index in [1.54, 1.807) is 18.2 Å². The molecule has 0 radical (unpaired) electrons. The van der Waals surface area contributed by atoms with Crippen LogP contribution in [-0.2, 0) is 4.79 Å². The Kier molecular flexibility index (Phi) is 7.38. The summed E-state index contributed by atoms with van der Waals surface area (Å²) in [6.07, 6.45) is 2.25. The quantitative estimate of drug-likeness (QED) is 0.680. The third-order valence-electron chi connectivity index (χ3n) is 2.62. The van der Waals surface area contributed by atoms with Crippen molar-refractivity contribution in [3.05, 3.63) is 22.7 Å². The number of halogens is 1. The van der Waals surface area contributed by atoms with Gasteiger partial charge in [0.15, 0.2) is 0 Å². The highest BCUT2D eigenvalue weighted by molar-refractivity contribution is 9.10. The number of hydrogen-bond donors (Lipinski definition) is 3. The lowest BCUT2D eigenvalue weighted by Crippen LogP contribution is -2.43. The van der Waals surface area contributed by atoms with Crippen LogP contribution in [0.4, 0.5) is 10.5 Å².